The van der Waals surface area contributed by atoms with Crippen molar-refractivity contribution in [2.45, 2.75) is 10.9 Å². The van der Waals surface area contributed by atoms with Gasteiger partial charge < -0.3 is 4.90 Å². The number of nitrogens with two attached hydrogens (primary N) is 1. The maximum Gasteiger partial charge on any atom is 0.332 e. The number of nitrogens with zero attached hydrogens (tertiary/aromatic N) is 2. The van der Waals surface area contributed by atoms with Crippen molar-refractivity contribution in [1.82, 2.24) is 4.90 Å². The van der Waals surface area contributed by atoms with Crippen LogP contribution >= 0.6 is 15.9 Å². The van der Waals surface area contributed by atoms with E-state index in [1.807, 2.05) is 6.07 Å². The molecule has 0 spiro atoms. The topological polar surface area (TPSA) is 101 Å². The molecule has 130 valence electrons. The third kappa shape index (κ3) is 3.17. The van der Waals surface area contributed by atoms with Gasteiger partial charge in [0.2, 0.25) is 10.0 Å². The van der Waals surface area contributed by atoms with Gasteiger partial charge in [-0.15, -0.1) is 0 Å². The molecule has 0 bridgehead atoms. The fraction of sp³-hybridized carbons (Fsp3) is 0.125. The lowest BCUT2D eigenvalue weighted by Crippen LogP contribution is -2.31. The molecule has 0 aliphatic carbocycles. The van der Waals surface area contributed by atoms with E-state index in [4.69, 9.17) is 5.14 Å². The van der Waals surface area contributed by atoms with E-state index >= 15 is 0 Å². The van der Waals surface area contributed by atoms with Crippen molar-refractivity contribution < 1.29 is 18.0 Å². The summed E-state index contributed by atoms with van der Waals surface area (Å²) in [5, 5.41) is 5.06. The zero-order valence-corrected chi connectivity index (χ0v) is 15.5. The molecule has 1 heterocycles. The molecule has 2 aromatic carbocycles. The zero-order valence-electron chi connectivity index (χ0n) is 13.1. The Hall–Kier alpha value is -2.23. The van der Waals surface area contributed by atoms with Gasteiger partial charge in [-0.25, -0.2) is 23.3 Å². The van der Waals surface area contributed by atoms with Gasteiger partial charge in [-0.05, 0) is 42.0 Å². The third-order valence-corrected chi connectivity index (χ3v) is 5.34. The molecule has 3 amide bonds. The number of halogens is 1. The number of rotatable bonds is 3. The molecule has 1 aliphatic rings. The van der Waals surface area contributed by atoms with Crippen LogP contribution in [0.25, 0.3) is 0 Å². The molecule has 1 fully saturated rings. The van der Waals surface area contributed by atoms with E-state index in [-0.39, 0.29) is 10.6 Å². The zero-order chi connectivity index (χ0) is 18.4. The highest BCUT2D eigenvalue weighted by molar-refractivity contribution is 9.10. The number of likely N-dealkylation sites (N-methyl/N-ethyl adjacent to an activating group) is 1. The first-order chi connectivity index (χ1) is 11.7. The lowest BCUT2D eigenvalue weighted by molar-refractivity contribution is -0.119. The Kier molecular flexibility index (Phi) is 4.40. The Labute approximate surface area is 153 Å². The second kappa shape index (κ2) is 6.25. The maximum absolute atomic E-state index is 12.8. The highest BCUT2D eigenvalue weighted by Gasteiger charge is 2.44. The van der Waals surface area contributed by atoms with Crippen LogP contribution in [0.15, 0.2) is 57.9 Å². The molecule has 7 nitrogen and oxygen atoms in total. The standard InChI is InChI=1S/C16H14BrN3O4S/c1-19-14(10-3-2-4-11(17)9-10)15(21)20(16(19)22)12-5-7-13(8-6-12)25(18,23)24/h2-9,14H,1H3,(H2,18,23,24)/t14-/m0/s1. The van der Waals surface area contributed by atoms with Gasteiger partial charge >= 0.3 is 6.03 Å². The molecule has 25 heavy (non-hydrogen) atoms. The van der Waals surface area contributed by atoms with Crippen LogP contribution in [0.1, 0.15) is 11.6 Å². The SMILES string of the molecule is CN1C(=O)N(c2ccc(S(N)(=O)=O)cc2)C(=O)[C@@H]1c1cccc(Br)c1. The summed E-state index contributed by atoms with van der Waals surface area (Å²) in [6.07, 6.45) is 0. The fourth-order valence-corrected chi connectivity index (χ4v) is 3.65. The molecule has 1 aliphatic heterocycles. The lowest BCUT2D eigenvalue weighted by Gasteiger charge is -2.16. The average Bonchev–Trinajstić information content (AvgIpc) is 2.76. The molecule has 0 aromatic heterocycles. The summed E-state index contributed by atoms with van der Waals surface area (Å²) in [6, 6.07) is 11.2. The van der Waals surface area contributed by atoms with Crippen molar-refractivity contribution >= 4 is 43.6 Å². The minimum Gasteiger partial charge on any atom is -0.311 e. The Balaban J connectivity index is 1.98. The number of carbonyl (C=O) groups excluding carboxylic acids is 2. The van der Waals surface area contributed by atoms with Gasteiger partial charge in [-0.3, -0.25) is 4.79 Å². The van der Waals surface area contributed by atoms with Gasteiger partial charge in [-0.1, -0.05) is 28.1 Å². The van der Waals surface area contributed by atoms with Crippen LogP contribution in [0.2, 0.25) is 0 Å². The normalized spacial score (nSPS) is 18.1. The van der Waals surface area contributed by atoms with Crippen LogP contribution in [0.4, 0.5) is 10.5 Å². The number of amides is 3. The van der Waals surface area contributed by atoms with Crippen molar-refractivity contribution in [2.24, 2.45) is 5.14 Å². The van der Waals surface area contributed by atoms with Crippen LogP contribution in [0.3, 0.4) is 0 Å². The van der Waals surface area contributed by atoms with Gasteiger partial charge in [0.1, 0.15) is 6.04 Å². The third-order valence-electron chi connectivity index (χ3n) is 3.92. The van der Waals surface area contributed by atoms with Crippen LogP contribution in [-0.4, -0.2) is 32.3 Å². The van der Waals surface area contributed by atoms with E-state index in [9.17, 15) is 18.0 Å². The van der Waals surface area contributed by atoms with Gasteiger partial charge in [0.25, 0.3) is 5.91 Å². The molecular weight excluding hydrogens is 410 g/mol. The van der Waals surface area contributed by atoms with Gasteiger partial charge in [0.05, 0.1) is 10.6 Å². The smallest absolute Gasteiger partial charge is 0.311 e. The number of hydrogen-bond acceptors (Lipinski definition) is 4. The number of carbonyl (C=O) groups is 2. The van der Waals surface area contributed by atoms with Crippen molar-refractivity contribution in [3.63, 3.8) is 0 Å². The number of sulfonamides is 1. The molecule has 3 rings (SSSR count). The van der Waals surface area contributed by atoms with Gasteiger partial charge in [0, 0.05) is 11.5 Å². The van der Waals surface area contributed by atoms with E-state index < -0.39 is 28.0 Å². The van der Waals surface area contributed by atoms with Crippen molar-refractivity contribution in [3.8, 4) is 0 Å². The summed E-state index contributed by atoms with van der Waals surface area (Å²) in [6.45, 7) is 0. The summed E-state index contributed by atoms with van der Waals surface area (Å²) >= 11 is 3.35. The van der Waals surface area contributed by atoms with E-state index in [0.29, 0.717) is 5.56 Å². The Morgan fingerprint density at radius 1 is 1.08 bits per heavy atom. The number of primary sulfonamides is 1. The largest absolute Gasteiger partial charge is 0.332 e. The Bertz CT molecular complexity index is 960. The minimum absolute atomic E-state index is 0.0905. The summed E-state index contributed by atoms with van der Waals surface area (Å²) in [5.74, 6) is -0.408. The maximum atomic E-state index is 12.8. The first kappa shape index (κ1) is 17.6. The number of imide groups is 1. The second-order valence-corrected chi connectivity index (χ2v) is 8.04. The Morgan fingerprint density at radius 3 is 2.28 bits per heavy atom. The van der Waals surface area contributed by atoms with Crippen LogP contribution in [0.5, 0.6) is 0 Å². The lowest BCUT2D eigenvalue weighted by atomic mass is 10.1. The van der Waals surface area contributed by atoms with Gasteiger partial charge in [0.15, 0.2) is 0 Å². The monoisotopic (exact) mass is 423 g/mol. The number of anilines is 1. The molecular formula is C16H14BrN3O4S. The van der Waals surface area contributed by atoms with E-state index in [2.05, 4.69) is 15.9 Å². The highest BCUT2D eigenvalue weighted by Crippen LogP contribution is 2.34. The summed E-state index contributed by atoms with van der Waals surface area (Å²) < 4.78 is 23.5. The predicted octanol–water partition coefficient (Wildman–Crippen LogP) is 2.24. The van der Waals surface area contributed by atoms with Crippen LogP contribution < -0.4 is 10.0 Å². The Morgan fingerprint density at radius 2 is 1.72 bits per heavy atom. The molecule has 0 unspecified atom stereocenters. The summed E-state index contributed by atoms with van der Waals surface area (Å²) in [5.41, 5.74) is 0.964. The number of benzene rings is 2. The van der Waals surface area contributed by atoms with Crippen molar-refractivity contribution in [3.05, 3.63) is 58.6 Å². The molecule has 9 heteroatoms. The van der Waals surface area contributed by atoms with Gasteiger partial charge in [-0.2, -0.15) is 0 Å². The summed E-state index contributed by atoms with van der Waals surface area (Å²) in [7, 11) is -2.30. The highest BCUT2D eigenvalue weighted by atomic mass is 79.9. The molecule has 1 atom stereocenters. The quantitative estimate of drug-likeness (QED) is 0.764. The molecule has 0 radical (unpaired) electrons. The fourth-order valence-electron chi connectivity index (χ4n) is 2.72. The van der Waals surface area contributed by atoms with Crippen LogP contribution in [0, 0.1) is 0 Å². The molecule has 1 saturated heterocycles. The number of hydrogen-bond donors (Lipinski definition) is 1. The van der Waals surface area contributed by atoms with E-state index in [1.165, 1.54) is 29.2 Å². The minimum atomic E-state index is -3.84. The average molecular weight is 424 g/mol. The summed E-state index contributed by atoms with van der Waals surface area (Å²) in [4.78, 5) is 27.6. The first-order valence-electron chi connectivity index (χ1n) is 7.19. The molecule has 0 saturated carbocycles. The van der Waals surface area contributed by atoms with Crippen molar-refractivity contribution in [2.75, 3.05) is 11.9 Å². The number of urea groups is 1. The van der Waals surface area contributed by atoms with E-state index in [0.717, 1.165) is 9.37 Å². The van der Waals surface area contributed by atoms with Crippen LogP contribution in [-0.2, 0) is 14.8 Å². The first-order valence-corrected chi connectivity index (χ1v) is 9.53. The second-order valence-electron chi connectivity index (χ2n) is 5.56. The molecule has 2 aromatic rings. The van der Waals surface area contributed by atoms with E-state index in [1.54, 1.807) is 25.2 Å². The predicted molar refractivity (Wildman–Crippen MR) is 95.3 cm³/mol. The van der Waals surface area contributed by atoms with Crippen molar-refractivity contribution in [1.29, 1.82) is 0 Å². The molecule has 2 N–H and O–H groups in total.